The Morgan fingerprint density at radius 1 is 0.971 bits per heavy atom. The van der Waals surface area contributed by atoms with Crippen LogP contribution in [0.5, 0.6) is 23.0 Å². The third-order valence-electron chi connectivity index (χ3n) is 6.93. The Hall–Kier alpha value is -2.93. The van der Waals surface area contributed by atoms with Crippen molar-refractivity contribution in [2.75, 3.05) is 47.0 Å². The Morgan fingerprint density at radius 2 is 1.76 bits per heavy atom. The Bertz CT molecular complexity index is 954. The van der Waals surface area contributed by atoms with Gasteiger partial charge >= 0.3 is 0 Å². The number of aromatic hydroxyl groups is 1. The number of amides is 1. The van der Waals surface area contributed by atoms with Gasteiger partial charge in [-0.05, 0) is 68.5 Å². The van der Waals surface area contributed by atoms with Crippen molar-refractivity contribution in [3.63, 3.8) is 0 Å². The van der Waals surface area contributed by atoms with E-state index >= 15 is 0 Å². The number of fused-ring (bicyclic) bond motifs is 3. The molecular weight excluding hydrogens is 432 g/mol. The summed E-state index contributed by atoms with van der Waals surface area (Å²) in [5, 5.41) is 10.3. The summed E-state index contributed by atoms with van der Waals surface area (Å²) in [6.07, 6.45) is 6.56. The largest absolute Gasteiger partial charge is 0.502 e. The minimum Gasteiger partial charge on any atom is -0.502 e. The fourth-order valence-electron chi connectivity index (χ4n) is 5.01. The van der Waals surface area contributed by atoms with Gasteiger partial charge in [-0.25, -0.2) is 0 Å². The first-order valence-electron chi connectivity index (χ1n) is 12.3. The van der Waals surface area contributed by atoms with Crippen LogP contribution < -0.4 is 14.2 Å². The van der Waals surface area contributed by atoms with Gasteiger partial charge < -0.3 is 24.2 Å². The Morgan fingerprint density at radius 3 is 2.53 bits per heavy atom. The van der Waals surface area contributed by atoms with Crippen LogP contribution in [0, 0.1) is 0 Å². The summed E-state index contributed by atoms with van der Waals surface area (Å²) in [5.74, 6) is 1.14. The molecule has 2 bridgehead atoms. The zero-order valence-electron chi connectivity index (χ0n) is 20.3. The molecule has 1 saturated heterocycles. The van der Waals surface area contributed by atoms with E-state index in [1.165, 1.54) is 39.0 Å². The van der Waals surface area contributed by atoms with Crippen LogP contribution in [0.25, 0.3) is 0 Å². The van der Waals surface area contributed by atoms with E-state index in [-0.39, 0.29) is 23.2 Å². The maximum absolute atomic E-state index is 13.6. The molecule has 2 heterocycles. The molecule has 4 rings (SSSR count). The van der Waals surface area contributed by atoms with Gasteiger partial charge in [0.15, 0.2) is 11.5 Å². The summed E-state index contributed by atoms with van der Waals surface area (Å²) >= 11 is 0. The summed E-state index contributed by atoms with van der Waals surface area (Å²) in [4.78, 5) is 18.0. The fourth-order valence-corrected chi connectivity index (χ4v) is 5.01. The van der Waals surface area contributed by atoms with Crippen molar-refractivity contribution < 1.29 is 24.1 Å². The highest BCUT2D eigenvalue weighted by molar-refractivity contribution is 5.95. The van der Waals surface area contributed by atoms with Crippen molar-refractivity contribution in [2.24, 2.45) is 0 Å². The highest BCUT2D eigenvalue weighted by atomic mass is 16.5. The number of methoxy groups -OCH3 is 2. The first-order chi connectivity index (χ1) is 16.6. The van der Waals surface area contributed by atoms with Crippen molar-refractivity contribution in [1.82, 2.24) is 9.80 Å². The topological polar surface area (TPSA) is 71.5 Å². The van der Waals surface area contributed by atoms with Crippen molar-refractivity contribution in [3.8, 4) is 23.0 Å². The molecule has 1 atom stereocenters. The van der Waals surface area contributed by atoms with Crippen molar-refractivity contribution in [2.45, 2.75) is 44.6 Å². The second kappa shape index (κ2) is 11.5. The number of benzene rings is 2. The van der Waals surface area contributed by atoms with E-state index in [1.54, 1.807) is 12.1 Å². The predicted molar refractivity (Wildman–Crippen MR) is 131 cm³/mol. The average Bonchev–Trinajstić information content (AvgIpc) is 2.87. The molecule has 0 spiro atoms. The number of piperidine rings is 1. The van der Waals surface area contributed by atoms with Gasteiger partial charge in [-0.1, -0.05) is 18.6 Å². The van der Waals surface area contributed by atoms with Crippen molar-refractivity contribution in [1.29, 1.82) is 0 Å². The van der Waals surface area contributed by atoms with E-state index < -0.39 is 0 Å². The number of ether oxygens (including phenoxy) is 3. The first kappa shape index (κ1) is 24.2. The molecule has 1 unspecified atom stereocenters. The molecule has 2 aliphatic heterocycles. The van der Waals surface area contributed by atoms with E-state index in [2.05, 4.69) is 23.1 Å². The molecule has 34 heavy (non-hydrogen) atoms. The van der Waals surface area contributed by atoms with Gasteiger partial charge in [-0.3, -0.25) is 9.69 Å². The minimum atomic E-state index is -0.102. The normalized spacial score (nSPS) is 19.9. The molecule has 1 fully saturated rings. The average molecular weight is 469 g/mol. The lowest BCUT2D eigenvalue weighted by Crippen LogP contribution is -2.45. The maximum atomic E-state index is 13.6. The molecule has 7 nitrogen and oxygen atoms in total. The molecule has 1 N–H and O–H groups in total. The number of hydrogen-bond donors (Lipinski definition) is 1. The van der Waals surface area contributed by atoms with Crippen LogP contribution in [0.15, 0.2) is 36.4 Å². The molecule has 2 aromatic carbocycles. The summed E-state index contributed by atoms with van der Waals surface area (Å²) < 4.78 is 16.5. The second-order valence-electron chi connectivity index (χ2n) is 9.10. The van der Waals surface area contributed by atoms with Gasteiger partial charge in [-0.15, -0.1) is 0 Å². The number of aryl methyl sites for hydroxylation is 1. The number of phenols is 1. The van der Waals surface area contributed by atoms with Gasteiger partial charge in [0.25, 0.3) is 5.91 Å². The molecule has 0 aliphatic carbocycles. The molecule has 2 aliphatic rings. The molecular formula is C27H36N2O5. The predicted octanol–water partition coefficient (Wildman–Crippen LogP) is 4.12. The van der Waals surface area contributed by atoms with Gasteiger partial charge in [0.1, 0.15) is 5.75 Å². The van der Waals surface area contributed by atoms with Crippen LogP contribution in [0.4, 0.5) is 0 Å². The summed E-state index contributed by atoms with van der Waals surface area (Å²) in [7, 11) is 2.93. The standard InChI is InChI=1S/C27H36N2O5/c1-32-24-18-21(19-25(33-2)26(24)30)27(31)29-13-6-16-34-23-9-5-7-20(17-23)10-11-22-8-3-4-12-28(22)14-15-29/h5,7,9,17-19,22,30H,3-4,6,8,10-16H2,1-2H3. The smallest absolute Gasteiger partial charge is 0.254 e. The number of rotatable bonds is 3. The SMILES string of the molecule is COc1cc(C(=O)N2CCCOc3cccc(c3)CCC3CCCCN3CC2)cc(OC)c1O. The number of hydrogen-bond acceptors (Lipinski definition) is 6. The van der Waals surface area contributed by atoms with Crippen molar-refractivity contribution >= 4 is 5.91 Å². The maximum Gasteiger partial charge on any atom is 0.254 e. The lowest BCUT2D eigenvalue weighted by Gasteiger charge is -2.37. The molecule has 7 heteroatoms. The third-order valence-corrected chi connectivity index (χ3v) is 6.93. The van der Waals surface area contributed by atoms with Gasteiger partial charge in [0.2, 0.25) is 5.75 Å². The minimum absolute atomic E-state index is 0.0979. The molecule has 0 radical (unpaired) electrons. The fraction of sp³-hybridized carbons (Fsp3) is 0.519. The number of phenolic OH excluding ortho intramolecular Hbond substituents is 1. The molecule has 184 valence electrons. The van der Waals surface area contributed by atoms with Crippen LogP contribution in [0.2, 0.25) is 0 Å². The lowest BCUT2D eigenvalue weighted by molar-refractivity contribution is 0.0682. The zero-order valence-corrected chi connectivity index (χ0v) is 20.3. The quantitative estimate of drug-likeness (QED) is 0.731. The monoisotopic (exact) mass is 468 g/mol. The Kier molecular flexibility index (Phi) is 8.16. The number of carbonyl (C=O) groups is 1. The lowest BCUT2D eigenvalue weighted by atomic mass is 9.95. The van der Waals surface area contributed by atoms with Crippen LogP contribution in [-0.2, 0) is 6.42 Å². The Labute approximate surface area is 202 Å². The summed E-state index contributed by atoms with van der Waals surface area (Å²) in [6, 6.07) is 12.1. The van der Waals surface area contributed by atoms with Crippen LogP contribution in [0.1, 0.15) is 48.0 Å². The number of nitrogens with zero attached hydrogens (tertiary/aromatic N) is 2. The summed E-state index contributed by atoms with van der Waals surface area (Å²) in [6.45, 7) is 3.71. The van der Waals surface area contributed by atoms with E-state index in [9.17, 15) is 9.90 Å². The van der Waals surface area contributed by atoms with Gasteiger partial charge in [0.05, 0.1) is 20.8 Å². The second-order valence-corrected chi connectivity index (χ2v) is 9.10. The molecule has 2 aromatic rings. The van der Waals surface area contributed by atoms with Crippen molar-refractivity contribution in [3.05, 3.63) is 47.5 Å². The van der Waals surface area contributed by atoms with Crippen LogP contribution in [-0.4, -0.2) is 73.9 Å². The first-order valence-corrected chi connectivity index (χ1v) is 12.3. The highest BCUT2D eigenvalue weighted by Gasteiger charge is 2.25. The molecule has 1 amide bonds. The molecule has 0 aromatic heterocycles. The van der Waals surface area contributed by atoms with E-state index in [0.717, 1.165) is 38.1 Å². The number of carbonyl (C=O) groups excluding carboxylic acids is 1. The zero-order chi connectivity index (χ0) is 23.9. The van der Waals surface area contributed by atoms with Crippen LogP contribution >= 0.6 is 0 Å². The van der Waals surface area contributed by atoms with Crippen LogP contribution in [0.3, 0.4) is 0 Å². The molecule has 0 saturated carbocycles. The Balaban J connectivity index is 1.56. The third kappa shape index (κ3) is 5.76. The van der Waals surface area contributed by atoms with E-state index in [0.29, 0.717) is 31.3 Å². The van der Waals surface area contributed by atoms with E-state index in [1.807, 2.05) is 11.0 Å². The highest BCUT2D eigenvalue weighted by Crippen LogP contribution is 2.37. The van der Waals surface area contributed by atoms with Gasteiger partial charge in [0, 0.05) is 31.2 Å². The summed E-state index contributed by atoms with van der Waals surface area (Å²) in [5.41, 5.74) is 1.77. The van der Waals surface area contributed by atoms with Gasteiger partial charge in [-0.2, -0.15) is 0 Å². The van der Waals surface area contributed by atoms with E-state index in [4.69, 9.17) is 14.2 Å².